The number of halogens is 1. The van der Waals surface area contributed by atoms with Crippen LogP contribution in [-0.4, -0.2) is 13.7 Å². The minimum atomic E-state index is 0.233. The number of rotatable bonds is 5. The van der Waals surface area contributed by atoms with Gasteiger partial charge in [-0.2, -0.15) is 0 Å². The monoisotopic (exact) mass is 325 g/mol. The lowest BCUT2D eigenvalue weighted by atomic mass is 10.1. The van der Waals surface area contributed by atoms with Crippen LogP contribution in [0.3, 0.4) is 0 Å². The maximum absolute atomic E-state index is 5.46. The summed E-state index contributed by atoms with van der Waals surface area (Å²) in [7, 11) is 1.98. The summed E-state index contributed by atoms with van der Waals surface area (Å²) in [5, 5.41) is 3.35. The minimum Gasteiger partial charge on any atom is -0.494 e. The molecule has 1 unspecified atom stereocenters. The third-order valence-corrected chi connectivity index (χ3v) is 4.38. The van der Waals surface area contributed by atoms with Gasteiger partial charge in [-0.05, 0) is 59.7 Å². The zero-order chi connectivity index (χ0) is 13.0. The molecule has 0 aliphatic heterocycles. The van der Waals surface area contributed by atoms with E-state index in [9.17, 15) is 0 Å². The SMILES string of the molecule is CCOc1ccc(C(NC)c2ccc(Br)s2)cc1. The Balaban J connectivity index is 2.22. The van der Waals surface area contributed by atoms with Gasteiger partial charge in [-0.15, -0.1) is 11.3 Å². The molecule has 2 aromatic rings. The second-order valence-corrected chi connectivity index (χ2v) is 6.36. The highest BCUT2D eigenvalue weighted by molar-refractivity contribution is 9.11. The van der Waals surface area contributed by atoms with Gasteiger partial charge in [0.05, 0.1) is 16.4 Å². The van der Waals surface area contributed by atoms with Gasteiger partial charge in [-0.3, -0.25) is 0 Å². The van der Waals surface area contributed by atoms with E-state index in [2.05, 4.69) is 45.5 Å². The van der Waals surface area contributed by atoms with Gasteiger partial charge in [0.1, 0.15) is 5.75 Å². The third-order valence-electron chi connectivity index (χ3n) is 2.69. The Morgan fingerprint density at radius 3 is 2.44 bits per heavy atom. The second-order valence-electron chi connectivity index (χ2n) is 3.87. The van der Waals surface area contributed by atoms with E-state index in [4.69, 9.17) is 4.74 Å². The van der Waals surface area contributed by atoms with Crippen molar-refractivity contribution in [3.8, 4) is 5.75 Å². The predicted molar refractivity (Wildman–Crippen MR) is 80.5 cm³/mol. The van der Waals surface area contributed by atoms with E-state index in [0.29, 0.717) is 6.61 Å². The third kappa shape index (κ3) is 3.13. The lowest BCUT2D eigenvalue weighted by Gasteiger charge is -2.15. The topological polar surface area (TPSA) is 21.3 Å². The summed E-state index contributed by atoms with van der Waals surface area (Å²) in [5.41, 5.74) is 1.25. The molecule has 0 saturated carbocycles. The first-order chi connectivity index (χ1) is 8.74. The molecule has 1 aromatic heterocycles. The van der Waals surface area contributed by atoms with Crippen LogP contribution in [-0.2, 0) is 0 Å². The Morgan fingerprint density at radius 2 is 1.94 bits per heavy atom. The number of benzene rings is 1. The molecule has 0 bridgehead atoms. The van der Waals surface area contributed by atoms with Gasteiger partial charge in [0.15, 0.2) is 0 Å². The van der Waals surface area contributed by atoms with Crippen molar-refractivity contribution in [1.29, 1.82) is 0 Å². The fourth-order valence-corrected chi connectivity index (χ4v) is 3.44. The molecule has 0 radical (unpaired) electrons. The van der Waals surface area contributed by atoms with Gasteiger partial charge in [-0.25, -0.2) is 0 Å². The summed E-state index contributed by atoms with van der Waals surface area (Å²) in [4.78, 5) is 1.30. The van der Waals surface area contributed by atoms with Gasteiger partial charge in [0, 0.05) is 4.88 Å². The molecule has 96 valence electrons. The maximum atomic E-state index is 5.46. The van der Waals surface area contributed by atoms with Crippen LogP contribution in [0.15, 0.2) is 40.2 Å². The fraction of sp³-hybridized carbons (Fsp3) is 0.286. The van der Waals surface area contributed by atoms with E-state index >= 15 is 0 Å². The summed E-state index contributed by atoms with van der Waals surface area (Å²) < 4.78 is 6.61. The number of ether oxygens (including phenoxy) is 1. The Hall–Kier alpha value is -0.840. The van der Waals surface area contributed by atoms with E-state index in [1.165, 1.54) is 10.4 Å². The predicted octanol–water partition coefficient (Wildman–Crippen LogP) is 4.22. The Kier molecular flexibility index (Phi) is 4.80. The summed E-state index contributed by atoms with van der Waals surface area (Å²) in [6.07, 6.45) is 0. The summed E-state index contributed by atoms with van der Waals surface area (Å²) in [6.45, 7) is 2.69. The smallest absolute Gasteiger partial charge is 0.119 e. The lowest BCUT2D eigenvalue weighted by molar-refractivity contribution is 0.340. The molecule has 18 heavy (non-hydrogen) atoms. The Bertz CT molecular complexity index is 495. The molecule has 0 amide bonds. The van der Waals surface area contributed by atoms with E-state index in [1.54, 1.807) is 11.3 Å². The second kappa shape index (κ2) is 6.36. The van der Waals surface area contributed by atoms with Crippen LogP contribution in [0, 0.1) is 0 Å². The molecule has 0 aliphatic carbocycles. The fourth-order valence-electron chi connectivity index (χ4n) is 1.88. The van der Waals surface area contributed by atoms with Crippen molar-refractivity contribution in [1.82, 2.24) is 5.32 Å². The first kappa shape index (κ1) is 13.6. The molecule has 2 nitrogen and oxygen atoms in total. The minimum absolute atomic E-state index is 0.233. The largest absolute Gasteiger partial charge is 0.494 e. The first-order valence-corrected chi connectivity index (χ1v) is 7.50. The van der Waals surface area contributed by atoms with Gasteiger partial charge in [-0.1, -0.05) is 12.1 Å². The van der Waals surface area contributed by atoms with Crippen molar-refractivity contribution in [2.75, 3.05) is 13.7 Å². The van der Waals surface area contributed by atoms with Crippen molar-refractivity contribution in [3.63, 3.8) is 0 Å². The number of hydrogen-bond acceptors (Lipinski definition) is 3. The zero-order valence-electron chi connectivity index (χ0n) is 10.4. The van der Waals surface area contributed by atoms with E-state index in [-0.39, 0.29) is 6.04 Å². The van der Waals surface area contributed by atoms with Crippen LogP contribution < -0.4 is 10.1 Å². The lowest BCUT2D eigenvalue weighted by Crippen LogP contribution is -2.16. The molecule has 1 atom stereocenters. The molecule has 0 aliphatic rings. The van der Waals surface area contributed by atoms with E-state index in [0.717, 1.165) is 9.54 Å². The molecule has 0 spiro atoms. The number of hydrogen-bond donors (Lipinski definition) is 1. The van der Waals surface area contributed by atoms with Crippen LogP contribution in [0.5, 0.6) is 5.75 Å². The van der Waals surface area contributed by atoms with Gasteiger partial charge in [0.25, 0.3) is 0 Å². The normalized spacial score (nSPS) is 12.4. The van der Waals surface area contributed by atoms with Gasteiger partial charge < -0.3 is 10.1 Å². The molecule has 2 rings (SSSR count). The Labute approximate surface area is 120 Å². The molecular formula is C14H16BrNOS. The maximum Gasteiger partial charge on any atom is 0.119 e. The standard InChI is InChI=1S/C14H16BrNOS/c1-3-17-11-6-4-10(5-7-11)14(16-2)12-8-9-13(15)18-12/h4-9,14,16H,3H2,1-2H3. The summed E-state index contributed by atoms with van der Waals surface area (Å²) in [5.74, 6) is 0.920. The molecule has 1 heterocycles. The van der Waals surface area contributed by atoms with Crippen LogP contribution in [0.2, 0.25) is 0 Å². The van der Waals surface area contributed by atoms with Crippen LogP contribution in [0.25, 0.3) is 0 Å². The van der Waals surface area contributed by atoms with E-state index in [1.807, 2.05) is 26.1 Å². The molecule has 0 saturated heterocycles. The van der Waals surface area contributed by atoms with Crippen molar-refractivity contribution >= 4 is 27.3 Å². The molecule has 1 N–H and O–H groups in total. The highest BCUT2D eigenvalue weighted by Crippen LogP contribution is 2.31. The quantitative estimate of drug-likeness (QED) is 0.888. The summed E-state index contributed by atoms with van der Waals surface area (Å²) >= 11 is 5.26. The number of nitrogens with one attached hydrogen (secondary N) is 1. The highest BCUT2D eigenvalue weighted by atomic mass is 79.9. The van der Waals surface area contributed by atoms with Crippen LogP contribution in [0.1, 0.15) is 23.4 Å². The van der Waals surface area contributed by atoms with E-state index < -0.39 is 0 Å². The molecule has 4 heteroatoms. The van der Waals surface area contributed by atoms with Crippen LogP contribution >= 0.6 is 27.3 Å². The van der Waals surface area contributed by atoms with Crippen molar-refractivity contribution < 1.29 is 4.74 Å². The number of thiophene rings is 1. The molecular weight excluding hydrogens is 310 g/mol. The summed E-state index contributed by atoms with van der Waals surface area (Å²) in [6, 6.07) is 12.7. The zero-order valence-corrected chi connectivity index (χ0v) is 12.8. The average molecular weight is 326 g/mol. The highest BCUT2D eigenvalue weighted by Gasteiger charge is 2.13. The first-order valence-electron chi connectivity index (χ1n) is 5.90. The van der Waals surface area contributed by atoms with Crippen molar-refractivity contribution in [3.05, 3.63) is 50.6 Å². The molecule has 0 fully saturated rings. The molecule has 1 aromatic carbocycles. The Morgan fingerprint density at radius 1 is 1.22 bits per heavy atom. The average Bonchev–Trinajstić information content (AvgIpc) is 2.79. The van der Waals surface area contributed by atoms with Crippen LogP contribution in [0.4, 0.5) is 0 Å². The van der Waals surface area contributed by atoms with Gasteiger partial charge >= 0.3 is 0 Å². The van der Waals surface area contributed by atoms with Gasteiger partial charge in [0.2, 0.25) is 0 Å². The van der Waals surface area contributed by atoms with Crippen molar-refractivity contribution in [2.24, 2.45) is 0 Å². The van der Waals surface area contributed by atoms with Crippen molar-refractivity contribution in [2.45, 2.75) is 13.0 Å².